The van der Waals surface area contributed by atoms with E-state index in [2.05, 4.69) is 10.3 Å². The standard InChI is InChI=1S/C17H17F3N2O.ClH/c1-21-10-15-14-4-2-3-12(13(14)6-8-23-15)11-5-7-22-16(9-11)17(18,19)20;/h2-5,7,9,15,21H,6,8,10H2,1H3;1H/t15-;/m1./s1. The van der Waals surface area contributed by atoms with Gasteiger partial charge in [-0.1, -0.05) is 18.2 Å². The Bertz CT molecular complexity index is 706. The molecule has 3 nitrogen and oxygen atoms in total. The van der Waals surface area contributed by atoms with Crippen molar-refractivity contribution in [2.75, 3.05) is 20.2 Å². The lowest BCUT2D eigenvalue weighted by Gasteiger charge is -2.28. The molecular weight excluding hydrogens is 341 g/mol. The van der Waals surface area contributed by atoms with E-state index in [1.165, 1.54) is 6.20 Å². The number of likely N-dealkylation sites (N-methyl/N-ethyl adjacent to an activating group) is 1. The van der Waals surface area contributed by atoms with Crippen molar-refractivity contribution in [1.29, 1.82) is 0 Å². The lowest BCUT2D eigenvalue weighted by molar-refractivity contribution is -0.141. The molecule has 1 atom stereocenters. The number of pyridine rings is 1. The molecule has 2 aromatic rings. The number of alkyl halides is 3. The van der Waals surface area contributed by atoms with Crippen LogP contribution in [-0.2, 0) is 17.3 Å². The smallest absolute Gasteiger partial charge is 0.372 e. The van der Waals surface area contributed by atoms with Crippen LogP contribution in [-0.4, -0.2) is 25.2 Å². The summed E-state index contributed by atoms with van der Waals surface area (Å²) >= 11 is 0. The van der Waals surface area contributed by atoms with Crippen molar-refractivity contribution in [2.45, 2.75) is 18.7 Å². The van der Waals surface area contributed by atoms with E-state index in [4.69, 9.17) is 4.74 Å². The van der Waals surface area contributed by atoms with Crippen molar-refractivity contribution in [2.24, 2.45) is 0 Å². The van der Waals surface area contributed by atoms with Gasteiger partial charge in [-0.05, 0) is 47.9 Å². The summed E-state index contributed by atoms with van der Waals surface area (Å²) in [6.45, 7) is 1.23. The molecule has 1 aromatic heterocycles. The van der Waals surface area contributed by atoms with Crippen LogP contribution < -0.4 is 5.32 Å². The lowest BCUT2D eigenvalue weighted by atomic mass is 9.89. The molecule has 0 unspecified atom stereocenters. The van der Waals surface area contributed by atoms with Crippen LogP contribution in [0.15, 0.2) is 36.5 Å². The zero-order chi connectivity index (χ0) is 16.4. The van der Waals surface area contributed by atoms with Crippen molar-refractivity contribution in [1.82, 2.24) is 10.3 Å². The second kappa shape index (κ2) is 7.51. The largest absolute Gasteiger partial charge is 0.433 e. The summed E-state index contributed by atoms with van der Waals surface area (Å²) < 4.78 is 44.4. The molecule has 3 rings (SSSR count). The first kappa shape index (κ1) is 18.7. The summed E-state index contributed by atoms with van der Waals surface area (Å²) in [5.41, 5.74) is 2.58. The van der Waals surface area contributed by atoms with E-state index in [-0.39, 0.29) is 18.5 Å². The quantitative estimate of drug-likeness (QED) is 0.899. The third-order valence-electron chi connectivity index (χ3n) is 3.98. The van der Waals surface area contributed by atoms with E-state index in [1.54, 1.807) is 6.07 Å². The minimum absolute atomic E-state index is 0. The van der Waals surface area contributed by atoms with Gasteiger partial charge in [-0.25, -0.2) is 0 Å². The molecule has 1 N–H and O–H groups in total. The number of nitrogens with zero attached hydrogens (tertiary/aromatic N) is 1. The van der Waals surface area contributed by atoms with Crippen LogP contribution in [0.2, 0.25) is 0 Å². The van der Waals surface area contributed by atoms with Gasteiger partial charge < -0.3 is 10.1 Å². The molecule has 0 aliphatic carbocycles. The Hall–Kier alpha value is -1.63. The number of fused-ring (bicyclic) bond motifs is 1. The number of aromatic nitrogens is 1. The number of halogens is 4. The maximum Gasteiger partial charge on any atom is 0.433 e. The molecule has 0 spiro atoms. The minimum Gasteiger partial charge on any atom is -0.372 e. The highest BCUT2D eigenvalue weighted by Crippen LogP contribution is 2.36. The van der Waals surface area contributed by atoms with E-state index >= 15 is 0 Å². The summed E-state index contributed by atoms with van der Waals surface area (Å²) in [7, 11) is 1.85. The second-order valence-corrected chi connectivity index (χ2v) is 5.47. The predicted octanol–water partition coefficient (Wildman–Crippen LogP) is 4.02. The highest BCUT2D eigenvalue weighted by molar-refractivity contribution is 5.85. The fraction of sp³-hybridized carbons (Fsp3) is 0.353. The van der Waals surface area contributed by atoms with Crippen LogP contribution in [0, 0.1) is 0 Å². The summed E-state index contributed by atoms with van der Waals surface area (Å²) in [6, 6.07) is 8.42. The van der Waals surface area contributed by atoms with E-state index in [1.807, 2.05) is 25.2 Å². The molecule has 1 aromatic carbocycles. The number of rotatable bonds is 3. The van der Waals surface area contributed by atoms with Crippen molar-refractivity contribution in [3.05, 3.63) is 53.3 Å². The fourth-order valence-corrected chi connectivity index (χ4v) is 2.96. The third kappa shape index (κ3) is 3.71. The minimum atomic E-state index is -4.44. The van der Waals surface area contributed by atoms with E-state index < -0.39 is 11.9 Å². The molecule has 1 aliphatic rings. The SMILES string of the molecule is CNC[C@H]1OCCc2c(-c3ccnc(C(F)(F)F)c3)cccc21.Cl. The van der Waals surface area contributed by atoms with Gasteiger partial charge >= 0.3 is 6.18 Å². The van der Waals surface area contributed by atoms with Crippen molar-refractivity contribution < 1.29 is 17.9 Å². The molecule has 1 aliphatic heterocycles. The molecule has 0 fully saturated rings. The number of hydrogen-bond acceptors (Lipinski definition) is 3. The second-order valence-electron chi connectivity index (χ2n) is 5.47. The molecular formula is C17H18ClF3N2O. The van der Waals surface area contributed by atoms with Gasteiger partial charge in [0.25, 0.3) is 0 Å². The molecule has 0 saturated heterocycles. The number of ether oxygens (including phenoxy) is 1. The first-order valence-electron chi connectivity index (χ1n) is 7.42. The van der Waals surface area contributed by atoms with Gasteiger partial charge in [0.2, 0.25) is 0 Å². The third-order valence-corrected chi connectivity index (χ3v) is 3.98. The predicted molar refractivity (Wildman–Crippen MR) is 88.2 cm³/mol. The Kier molecular flexibility index (Phi) is 5.85. The Morgan fingerprint density at radius 3 is 2.79 bits per heavy atom. The van der Waals surface area contributed by atoms with Crippen LogP contribution in [0.3, 0.4) is 0 Å². The van der Waals surface area contributed by atoms with E-state index in [0.29, 0.717) is 25.1 Å². The van der Waals surface area contributed by atoms with Gasteiger partial charge in [-0.15, -0.1) is 12.4 Å². The number of hydrogen-bond donors (Lipinski definition) is 1. The normalized spacial score (nSPS) is 17.1. The number of benzene rings is 1. The summed E-state index contributed by atoms with van der Waals surface area (Å²) in [6.07, 6.45) is -2.62. The molecule has 0 saturated carbocycles. The first-order chi connectivity index (χ1) is 11.0. The van der Waals surface area contributed by atoms with Crippen LogP contribution in [0.4, 0.5) is 13.2 Å². The van der Waals surface area contributed by atoms with Crippen molar-refractivity contribution >= 4 is 12.4 Å². The van der Waals surface area contributed by atoms with Gasteiger partial charge in [0.05, 0.1) is 12.7 Å². The molecule has 7 heteroatoms. The highest BCUT2D eigenvalue weighted by Gasteiger charge is 2.33. The van der Waals surface area contributed by atoms with E-state index in [9.17, 15) is 13.2 Å². The maximum absolute atomic E-state index is 12.9. The average Bonchev–Trinajstić information content (AvgIpc) is 2.54. The van der Waals surface area contributed by atoms with Gasteiger partial charge in [0.15, 0.2) is 0 Å². The fourth-order valence-electron chi connectivity index (χ4n) is 2.96. The monoisotopic (exact) mass is 358 g/mol. The summed E-state index contributed by atoms with van der Waals surface area (Å²) in [4.78, 5) is 3.43. The molecule has 2 heterocycles. The summed E-state index contributed by atoms with van der Waals surface area (Å²) in [5.74, 6) is 0. The zero-order valence-corrected chi connectivity index (χ0v) is 13.9. The van der Waals surface area contributed by atoms with Gasteiger partial charge in [0, 0.05) is 12.7 Å². The van der Waals surface area contributed by atoms with Crippen molar-refractivity contribution in [3.8, 4) is 11.1 Å². The molecule has 0 radical (unpaired) electrons. The van der Waals surface area contributed by atoms with Crippen molar-refractivity contribution in [3.63, 3.8) is 0 Å². The Morgan fingerprint density at radius 1 is 1.29 bits per heavy atom. The molecule has 130 valence electrons. The van der Waals surface area contributed by atoms with Crippen LogP contribution >= 0.6 is 12.4 Å². The first-order valence-corrected chi connectivity index (χ1v) is 7.42. The van der Waals surface area contributed by atoms with Gasteiger partial charge in [-0.3, -0.25) is 4.98 Å². The topological polar surface area (TPSA) is 34.1 Å². The molecule has 24 heavy (non-hydrogen) atoms. The Balaban J connectivity index is 0.00000208. The Labute approximate surface area is 144 Å². The van der Waals surface area contributed by atoms with Crippen LogP contribution in [0.1, 0.15) is 22.9 Å². The lowest BCUT2D eigenvalue weighted by Crippen LogP contribution is -2.25. The zero-order valence-electron chi connectivity index (χ0n) is 13.1. The number of nitrogens with one attached hydrogen (secondary N) is 1. The molecule has 0 bridgehead atoms. The maximum atomic E-state index is 12.9. The van der Waals surface area contributed by atoms with Crippen LogP contribution in [0.25, 0.3) is 11.1 Å². The van der Waals surface area contributed by atoms with Gasteiger partial charge in [0.1, 0.15) is 5.69 Å². The van der Waals surface area contributed by atoms with Crippen LogP contribution in [0.5, 0.6) is 0 Å². The van der Waals surface area contributed by atoms with E-state index in [0.717, 1.165) is 22.8 Å². The van der Waals surface area contributed by atoms with Gasteiger partial charge in [-0.2, -0.15) is 13.2 Å². The molecule has 0 amide bonds. The summed E-state index contributed by atoms with van der Waals surface area (Å²) in [5, 5.41) is 3.08. The average molecular weight is 359 g/mol. The highest BCUT2D eigenvalue weighted by atomic mass is 35.5. The Morgan fingerprint density at radius 2 is 2.08 bits per heavy atom.